The van der Waals surface area contributed by atoms with E-state index < -0.39 is 5.97 Å². The van der Waals surface area contributed by atoms with E-state index in [1.54, 1.807) is 6.20 Å². The number of aromatic nitrogens is 1. The number of halogens is 1. The number of carboxylic acids is 1. The number of piperidine rings is 1. The summed E-state index contributed by atoms with van der Waals surface area (Å²) >= 11 is 2.24. The van der Waals surface area contributed by atoms with Gasteiger partial charge in [-0.3, -0.25) is 4.79 Å². The first kappa shape index (κ1) is 12.6. The van der Waals surface area contributed by atoms with E-state index in [2.05, 4.69) is 39.4 Å². The van der Waals surface area contributed by atoms with E-state index in [1.165, 1.54) is 0 Å². The average Bonchev–Trinajstić information content (AvgIpc) is 2.28. The van der Waals surface area contributed by atoms with Crippen LogP contribution in [0.2, 0.25) is 0 Å². The molecule has 2 heterocycles. The van der Waals surface area contributed by atoms with Crippen LogP contribution in [0.5, 0.6) is 0 Å². The van der Waals surface area contributed by atoms with Crippen LogP contribution in [-0.4, -0.2) is 29.1 Å². The molecule has 0 saturated carbocycles. The largest absolute Gasteiger partial charge is 0.481 e. The van der Waals surface area contributed by atoms with Crippen molar-refractivity contribution >= 4 is 34.4 Å². The number of hydrogen-bond donors (Lipinski definition) is 1. The van der Waals surface area contributed by atoms with Gasteiger partial charge in [0.2, 0.25) is 0 Å². The molecule has 1 aliphatic rings. The molecule has 92 valence electrons. The van der Waals surface area contributed by atoms with Crippen molar-refractivity contribution in [1.29, 1.82) is 0 Å². The zero-order valence-electron chi connectivity index (χ0n) is 9.64. The summed E-state index contributed by atoms with van der Waals surface area (Å²) in [5.74, 6) is 0.317. The molecule has 17 heavy (non-hydrogen) atoms. The number of aliphatic carboxylic acids is 1. The maximum Gasteiger partial charge on any atom is 0.308 e. The predicted octanol–water partition coefficient (Wildman–Crippen LogP) is 2.23. The van der Waals surface area contributed by atoms with E-state index in [0.717, 1.165) is 22.4 Å². The van der Waals surface area contributed by atoms with E-state index in [-0.39, 0.29) is 5.92 Å². The summed E-state index contributed by atoms with van der Waals surface area (Å²) in [7, 11) is 0. The number of rotatable bonds is 2. The van der Waals surface area contributed by atoms with Gasteiger partial charge in [-0.25, -0.2) is 4.98 Å². The van der Waals surface area contributed by atoms with Crippen LogP contribution in [0.25, 0.3) is 0 Å². The van der Waals surface area contributed by atoms with Crippen LogP contribution in [0.3, 0.4) is 0 Å². The highest BCUT2D eigenvalue weighted by Crippen LogP contribution is 2.28. The summed E-state index contributed by atoms with van der Waals surface area (Å²) in [5.41, 5.74) is 0. The van der Waals surface area contributed by atoms with Gasteiger partial charge in [-0.05, 0) is 47.1 Å². The monoisotopic (exact) mass is 346 g/mol. The van der Waals surface area contributed by atoms with Crippen molar-refractivity contribution in [3.63, 3.8) is 0 Å². The molecule has 0 aliphatic carbocycles. The van der Waals surface area contributed by atoms with E-state index in [1.807, 2.05) is 12.1 Å². The van der Waals surface area contributed by atoms with E-state index in [9.17, 15) is 4.79 Å². The summed E-state index contributed by atoms with van der Waals surface area (Å²) in [4.78, 5) is 17.6. The Bertz CT molecular complexity index is 425. The molecule has 4 nitrogen and oxygen atoms in total. The van der Waals surface area contributed by atoms with Crippen molar-refractivity contribution in [1.82, 2.24) is 4.98 Å². The van der Waals surface area contributed by atoms with Crippen LogP contribution in [0.15, 0.2) is 18.3 Å². The minimum absolute atomic E-state index is 0.281. The third kappa shape index (κ3) is 2.88. The summed E-state index contributed by atoms with van der Waals surface area (Å²) in [6.07, 6.45) is 2.52. The SMILES string of the molecule is CC1CC(C(=O)O)CN(c2ncccc2I)C1. The lowest BCUT2D eigenvalue weighted by Crippen LogP contribution is -2.43. The van der Waals surface area contributed by atoms with Crippen molar-refractivity contribution in [2.45, 2.75) is 13.3 Å². The molecule has 1 aromatic rings. The molecule has 1 aromatic heterocycles. The highest BCUT2D eigenvalue weighted by Gasteiger charge is 2.30. The zero-order chi connectivity index (χ0) is 12.4. The standard InChI is InChI=1S/C12H15IN2O2/c1-8-5-9(12(16)17)7-15(6-8)11-10(13)3-2-4-14-11/h2-4,8-9H,5-7H2,1H3,(H,16,17). The van der Waals surface area contributed by atoms with E-state index >= 15 is 0 Å². The predicted molar refractivity (Wildman–Crippen MR) is 74.1 cm³/mol. The van der Waals surface area contributed by atoms with Gasteiger partial charge in [-0.2, -0.15) is 0 Å². The Morgan fingerprint density at radius 3 is 3.00 bits per heavy atom. The highest BCUT2D eigenvalue weighted by molar-refractivity contribution is 14.1. The molecule has 2 rings (SSSR count). The van der Waals surface area contributed by atoms with E-state index in [0.29, 0.717) is 12.5 Å². The van der Waals surface area contributed by atoms with Gasteiger partial charge in [0.15, 0.2) is 0 Å². The van der Waals surface area contributed by atoms with Crippen molar-refractivity contribution in [2.75, 3.05) is 18.0 Å². The molecule has 1 fully saturated rings. The summed E-state index contributed by atoms with van der Waals surface area (Å²) < 4.78 is 1.07. The summed E-state index contributed by atoms with van der Waals surface area (Å²) in [6.45, 7) is 3.54. The van der Waals surface area contributed by atoms with Crippen molar-refractivity contribution in [2.24, 2.45) is 11.8 Å². The van der Waals surface area contributed by atoms with Crippen molar-refractivity contribution in [3.8, 4) is 0 Å². The lowest BCUT2D eigenvalue weighted by molar-refractivity contribution is -0.142. The molecule has 0 bridgehead atoms. The molecule has 0 amide bonds. The fourth-order valence-corrected chi connectivity index (χ4v) is 3.00. The molecule has 2 unspecified atom stereocenters. The maximum atomic E-state index is 11.1. The summed E-state index contributed by atoms with van der Waals surface area (Å²) in [6, 6.07) is 3.89. The van der Waals surface area contributed by atoms with Gasteiger partial charge >= 0.3 is 5.97 Å². The molecular formula is C12H15IN2O2. The van der Waals surface area contributed by atoms with Gasteiger partial charge in [0, 0.05) is 19.3 Å². The van der Waals surface area contributed by atoms with Crippen LogP contribution in [-0.2, 0) is 4.79 Å². The number of hydrogen-bond acceptors (Lipinski definition) is 3. The second-order valence-corrected chi connectivity index (χ2v) is 5.75. The van der Waals surface area contributed by atoms with Crippen LogP contribution < -0.4 is 4.90 Å². The number of carboxylic acid groups (broad SMARTS) is 1. The molecule has 0 spiro atoms. The Morgan fingerprint density at radius 1 is 1.59 bits per heavy atom. The smallest absolute Gasteiger partial charge is 0.308 e. The lowest BCUT2D eigenvalue weighted by atomic mass is 9.90. The quantitative estimate of drug-likeness (QED) is 0.835. The Kier molecular flexibility index (Phi) is 3.86. The minimum atomic E-state index is -0.701. The maximum absolute atomic E-state index is 11.1. The highest BCUT2D eigenvalue weighted by atomic mass is 127. The lowest BCUT2D eigenvalue weighted by Gasteiger charge is -2.35. The fourth-order valence-electron chi connectivity index (χ4n) is 2.31. The Hall–Kier alpha value is -0.850. The van der Waals surface area contributed by atoms with Gasteiger partial charge in [0.25, 0.3) is 0 Å². The van der Waals surface area contributed by atoms with Gasteiger partial charge in [0.05, 0.1) is 9.49 Å². The molecular weight excluding hydrogens is 331 g/mol. The number of pyridine rings is 1. The zero-order valence-corrected chi connectivity index (χ0v) is 11.8. The third-order valence-corrected chi connectivity index (χ3v) is 3.89. The Balaban J connectivity index is 2.21. The molecule has 1 N–H and O–H groups in total. The number of nitrogens with zero attached hydrogens (tertiary/aromatic N) is 2. The van der Waals surface area contributed by atoms with Crippen LogP contribution >= 0.6 is 22.6 Å². The van der Waals surface area contributed by atoms with Gasteiger partial charge in [-0.1, -0.05) is 6.92 Å². The van der Waals surface area contributed by atoms with Crippen molar-refractivity contribution < 1.29 is 9.90 Å². The first-order valence-corrected chi connectivity index (χ1v) is 6.74. The van der Waals surface area contributed by atoms with Crippen LogP contribution in [0.1, 0.15) is 13.3 Å². The topological polar surface area (TPSA) is 53.4 Å². The molecule has 0 aromatic carbocycles. The molecule has 0 radical (unpaired) electrons. The molecule has 2 atom stereocenters. The first-order chi connectivity index (χ1) is 8.08. The number of carbonyl (C=O) groups is 1. The Morgan fingerprint density at radius 2 is 2.35 bits per heavy atom. The fraction of sp³-hybridized carbons (Fsp3) is 0.500. The van der Waals surface area contributed by atoms with Crippen LogP contribution in [0, 0.1) is 15.4 Å². The third-order valence-electron chi connectivity index (χ3n) is 3.05. The summed E-state index contributed by atoms with van der Waals surface area (Å²) in [5, 5.41) is 9.14. The van der Waals surface area contributed by atoms with Crippen LogP contribution in [0.4, 0.5) is 5.82 Å². The average molecular weight is 346 g/mol. The second-order valence-electron chi connectivity index (χ2n) is 4.59. The van der Waals surface area contributed by atoms with Crippen molar-refractivity contribution in [3.05, 3.63) is 21.9 Å². The first-order valence-electron chi connectivity index (χ1n) is 5.66. The molecule has 1 saturated heterocycles. The minimum Gasteiger partial charge on any atom is -0.481 e. The molecule has 1 aliphatic heterocycles. The van der Waals surface area contributed by atoms with Gasteiger partial charge < -0.3 is 10.0 Å². The second kappa shape index (κ2) is 5.20. The van der Waals surface area contributed by atoms with Gasteiger partial charge in [0.1, 0.15) is 5.82 Å². The van der Waals surface area contributed by atoms with Gasteiger partial charge in [-0.15, -0.1) is 0 Å². The normalized spacial score (nSPS) is 24.7. The Labute approximate surface area is 114 Å². The van der Waals surface area contributed by atoms with E-state index in [4.69, 9.17) is 5.11 Å². The number of anilines is 1. The molecule has 5 heteroatoms.